The molecule has 0 atom stereocenters. The first-order valence-corrected chi connectivity index (χ1v) is 12.8. The van der Waals surface area contributed by atoms with E-state index in [1.807, 2.05) is 0 Å². The van der Waals surface area contributed by atoms with Gasteiger partial charge in [0.15, 0.2) is 15.7 Å². The van der Waals surface area contributed by atoms with Crippen molar-refractivity contribution < 1.29 is 17.9 Å². The predicted molar refractivity (Wildman–Crippen MR) is 127 cm³/mol. The highest BCUT2D eigenvalue weighted by Crippen LogP contribution is 2.23. The van der Waals surface area contributed by atoms with Crippen LogP contribution in [0.4, 0.5) is 17.5 Å². The van der Waals surface area contributed by atoms with E-state index >= 15 is 0 Å². The minimum absolute atomic E-state index is 0.0263. The second-order valence-electron chi connectivity index (χ2n) is 7.67. The number of carbonyl (C=O) groups is 1. The highest BCUT2D eigenvalue weighted by Gasteiger charge is 2.18. The molecule has 1 aliphatic heterocycles. The van der Waals surface area contributed by atoms with E-state index in [0.717, 1.165) is 0 Å². The minimum Gasteiger partial charge on any atom is -0.378 e. The second kappa shape index (κ2) is 10.4. The molecule has 0 unspecified atom stereocenters. The summed E-state index contributed by atoms with van der Waals surface area (Å²) in [5, 5.41) is 10.6. The fraction of sp³-hybridized carbons (Fsp3) is 0.333. The fourth-order valence-corrected chi connectivity index (χ4v) is 4.54. The van der Waals surface area contributed by atoms with E-state index in [-0.39, 0.29) is 34.9 Å². The quantitative estimate of drug-likeness (QED) is 0.471. The molecule has 0 radical (unpaired) electrons. The summed E-state index contributed by atoms with van der Waals surface area (Å²) in [7, 11) is -3.37. The Morgan fingerprint density at radius 3 is 2.74 bits per heavy atom. The molecule has 1 aliphatic rings. The zero-order valence-electron chi connectivity index (χ0n) is 18.4. The largest absolute Gasteiger partial charge is 0.378 e. The lowest BCUT2D eigenvalue weighted by Gasteiger charge is -2.26. The molecule has 3 aromatic rings. The van der Waals surface area contributed by atoms with Gasteiger partial charge in [-0.3, -0.25) is 9.48 Å². The summed E-state index contributed by atoms with van der Waals surface area (Å²) in [6.07, 6.45) is 5.86. The maximum absolute atomic E-state index is 12.4. The molecule has 1 fully saturated rings. The first-order valence-electron chi connectivity index (χ1n) is 10.5. The number of carbonyl (C=O) groups excluding carboxylic acids is 1. The molecule has 13 heteroatoms. The van der Waals surface area contributed by atoms with Crippen LogP contribution in [0.5, 0.6) is 0 Å². The number of sulfone groups is 1. The van der Waals surface area contributed by atoms with Crippen LogP contribution in [-0.2, 0) is 32.5 Å². The van der Waals surface area contributed by atoms with Crippen molar-refractivity contribution in [3.63, 3.8) is 0 Å². The number of hydrogen-bond donors (Lipinski definition) is 2. The number of anilines is 3. The first-order chi connectivity index (χ1) is 16.3. The molecule has 0 saturated carbocycles. The highest BCUT2D eigenvalue weighted by molar-refractivity contribution is 7.90. The Hall–Kier alpha value is -3.22. The molecule has 11 nitrogen and oxygen atoms in total. The summed E-state index contributed by atoms with van der Waals surface area (Å²) >= 11 is 6.23. The van der Waals surface area contributed by atoms with Crippen molar-refractivity contribution >= 4 is 44.8 Å². The number of nitrogens with zero attached hydrogens (tertiary/aromatic N) is 5. The van der Waals surface area contributed by atoms with Crippen molar-refractivity contribution in [3.8, 4) is 0 Å². The molecular weight excluding hydrogens is 482 g/mol. The van der Waals surface area contributed by atoms with E-state index in [4.69, 9.17) is 16.3 Å². The van der Waals surface area contributed by atoms with Gasteiger partial charge in [-0.2, -0.15) is 10.1 Å². The summed E-state index contributed by atoms with van der Waals surface area (Å²) in [5.41, 5.74) is 1.20. The Bertz CT molecular complexity index is 1280. The third-order valence-electron chi connectivity index (χ3n) is 5.11. The second-order valence-corrected chi connectivity index (χ2v) is 10.1. The number of amides is 1. The van der Waals surface area contributed by atoms with Gasteiger partial charge in [0, 0.05) is 32.1 Å². The topological polar surface area (TPSA) is 131 Å². The average molecular weight is 506 g/mol. The van der Waals surface area contributed by atoms with Crippen LogP contribution < -0.4 is 10.6 Å². The van der Waals surface area contributed by atoms with Crippen molar-refractivity contribution in [2.24, 2.45) is 0 Å². The summed E-state index contributed by atoms with van der Waals surface area (Å²) in [6, 6.07) is 6.72. The van der Waals surface area contributed by atoms with Gasteiger partial charge in [0.1, 0.15) is 11.6 Å². The number of nitrogens with one attached hydrogen (secondary N) is 2. The number of halogens is 1. The SMILES string of the molecule is CS(=O)(=O)c1ccccc1CNc1nc(Nc2cnn(CC(=O)N3CCOCC3)c2)ncc1Cl. The minimum atomic E-state index is -3.37. The van der Waals surface area contributed by atoms with Crippen molar-refractivity contribution in [2.75, 3.05) is 43.2 Å². The third kappa shape index (κ3) is 6.01. The van der Waals surface area contributed by atoms with E-state index in [1.54, 1.807) is 41.6 Å². The number of rotatable bonds is 8. The van der Waals surface area contributed by atoms with Gasteiger partial charge in [-0.25, -0.2) is 13.4 Å². The molecule has 34 heavy (non-hydrogen) atoms. The molecule has 2 aromatic heterocycles. The van der Waals surface area contributed by atoms with Gasteiger partial charge in [0.2, 0.25) is 11.9 Å². The van der Waals surface area contributed by atoms with E-state index in [9.17, 15) is 13.2 Å². The van der Waals surface area contributed by atoms with Gasteiger partial charge < -0.3 is 20.3 Å². The lowest BCUT2D eigenvalue weighted by molar-refractivity contribution is -0.136. The molecule has 0 spiro atoms. The van der Waals surface area contributed by atoms with Crippen LogP contribution in [0.25, 0.3) is 0 Å². The normalized spacial score (nSPS) is 14.1. The van der Waals surface area contributed by atoms with Crippen LogP contribution >= 0.6 is 11.6 Å². The van der Waals surface area contributed by atoms with Gasteiger partial charge in [-0.05, 0) is 11.6 Å². The van der Waals surface area contributed by atoms with E-state index < -0.39 is 9.84 Å². The number of aromatic nitrogens is 4. The maximum atomic E-state index is 12.4. The van der Waals surface area contributed by atoms with Gasteiger partial charge in [0.05, 0.1) is 36.2 Å². The molecule has 0 aliphatic carbocycles. The summed E-state index contributed by atoms with van der Waals surface area (Å²) in [6.45, 7) is 2.57. The fourth-order valence-electron chi connectivity index (χ4n) is 3.44. The number of ether oxygens (including phenoxy) is 1. The molecule has 2 N–H and O–H groups in total. The standard InChI is InChI=1S/C21H24ClN7O4S/c1-34(31,32)18-5-3-2-4-15(18)10-23-20-17(22)12-24-21(27-20)26-16-11-25-29(13-16)14-19(30)28-6-8-33-9-7-28/h2-5,11-13H,6-10,14H2,1H3,(H2,23,24,26,27). The van der Waals surface area contributed by atoms with Gasteiger partial charge in [-0.15, -0.1) is 0 Å². The molecular formula is C21H24ClN7O4S. The first kappa shape index (κ1) is 23.9. The van der Waals surface area contributed by atoms with Gasteiger partial charge >= 0.3 is 0 Å². The number of morpholine rings is 1. The Morgan fingerprint density at radius 1 is 1.21 bits per heavy atom. The Labute approximate surface area is 202 Å². The van der Waals surface area contributed by atoms with Crippen LogP contribution in [0.3, 0.4) is 0 Å². The Balaban J connectivity index is 1.41. The van der Waals surface area contributed by atoms with Crippen LogP contribution in [0.2, 0.25) is 5.02 Å². The van der Waals surface area contributed by atoms with Crippen molar-refractivity contribution in [1.82, 2.24) is 24.6 Å². The lowest BCUT2D eigenvalue weighted by atomic mass is 10.2. The molecule has 1 amide bonds. The Morgan fingerprint density at radius 2 is 1.97 bits per heavy atom. The molecule has 1 saturated heterocycles. The summed E-state index contributed by atoms with van der Waals surface area (Å²) < 4.78 is 30.9. The van der Waals surface area contributed by atoms with E-state index in [0.29, 0.717) is 43.4 Å². The summed E-state index contributed by atoms with van der Waals surface area (Å²) in [5.74, 6) is 0.585. The monoisotopic (exact) mass is 505 g/mol. The molecule has 0 bridgehead atoms. The molecule has 3 heterocycles. The lowest BCUT2D eigenvalue weighted by Crippen LogP contribution is -2.42. The van der Waals surface area contributed by atoms with E-state index in [2.05, 4.69) is 25.7 Å². The Kier molecular flexibility index (Phi) is 7.29. The van der Waals surface area contributed by atoms with Crippen LogP contribution in [-0.4, -0.2) is 71.5 Å². The number of benzene rings is 1. The zero-order valence-corrected chi connectivity index (χ0v) is 20.0. The smallest absolute Gasteiger partial charge is 0.244 e. The van der Waals surface area contributed by atoms with Crippen molar-refractivity contribution in [3.05, 3.63) is 53.4 Å². The van der Waals surface area contributed by atoms with Gasteiger partial charge in [-0.1, -0.05) is 29.8 Å². The van der Waals surface area contributed by atoms with Crippen molar-refractivity contribution in [2.45, 2.75) is 18.0 Å². The van der Waals surface area contributed by atoms with Crippen molar-refractivity contribution in [1.29, 1.82) is 0 Å². The third-order valence-corrected chi connectivity index (χ3v) is 6.59. The zero-order chi connectivity index (χ0) is 24.1. The van der Waals surface area contributed by atoms with E-state index in [1.165, 1.54) is 17.1 Å². The average Bonchev–Trinajstić information content (AvgIpc) is 3.26. The van der Waals surface area contributed by atoms with Crippen LogP contribution in [0.1, 0.15) is 5.56 Å². The highest BCUT2D eigenvalue weighted by atomic mass is 35.5. The van der Waals surface area contributed by atoms with Gasteiger partial charge in [0.25, 0.3) is 0 Å². The molecule has 1 aromatic carbocycles. The molecule has 180 valence electrons. The maximum Gasteiger partial charge on any atom is 0.244 e. The summed E-state index contributed by atoms with van der Waals surface area (Å²) in [4.78, 5) is 22.9. The predicted octanol–water partition coefficient (Wildman–Crippen LogP) is 1.94. The molecule has 4 rings (SSSR count). The number of hydrogen-bond acceptors (Lipinski definition) is 9. The van der Waals surface area contributed by atoms with Crippen LogP contribution in [0, 0.1) is 0 Å². The van der Waals surface area contributed by atoms with Crippen LogP contribution in [0.15, 0.2) is 47.8 Å².